The minimum Gasteiger partial charge on any atom is -0.486 e. The number of aryl methyl sites for hydroxylation is 1. The molecule has 1 atom stereocenters. The fourth-order valence-corrected chi connectivity index (χ4v) is 3.75. The predicted molar refractivity (Wildman–Crippen MR) is 119 cm³/mol. The Kier molecular flexibility index (Phi) is 7.29. The van der Waals surface area contributed by atoms with Crippen LogP contribution in [0.25, 0.3) is 0 Å². The summed E-state index contributed by atoms with van der Waals surface area (Å²) in [6, 6.07) is 15.1. The van der Waals surface area contributed by atoms with E-state index in [4.69, 9.17) is 16.3 Å². The molecular weight excluding hydrogens is 404 g/mol. The molecule has 0 aliphatic heterocycles. The second-order valence-electron chi connectivity index (χ2n) is 7.03. The van der Waals surface area contributed by atoms with Crippen molar-refractivity contribution >= 4 is 28.8 Å². The molecule has 1 unspecified atom stereocenters. The number of halogens is 1. The number of hydrogen-bond acceptors (Lipinski definition) is 4. The number of hydrogen-bond donors (Lipinski definition) is 0. The van der Waals surface area contributed by atoms with Gasteiger partial charge in [-0.15, -0.1) is 11.3 Å². The quantitative estimate of drug-likeness (QED) is 0.433. The molecule has 2 aromatic carbocycles. The highest BCUT2D eigenvalue weighted by Crippen LogP contribution is 2.21. The van der Waals surface area contributed by atoms with Gasteiger partial charge in [-0.05, 0) is 50.6 Å². The van der Waals surface area contributed by atoms with Crippen molar-refractivity contribution in [2.75, 3.05) is 0 Å². The number of benzene rings is 2. The van der Waals surface area contributed by atoms with E-state index in [0.717, 1.165) is 22.7 Å². The Labute approximate surface area is 181 Å². The van der Waals surface area contributed by atoms with Gasteiger partial charge in [0.1, 0.15) is 17.4 Å². The zero-order valence-corrected chi connectivity index (χ0v) is 18.5. The Morgan fingerprint density at radius 3 is 2.69 bits per heavy atom. The highest BCUT2D eigenvalue weighted by Gasteiger charge is 2.22. The SMILES string of the molecule is CCC(C)N(Cc1csc(COc2cccc(Cl)c2)n1)C(=O)c1ccc(C)cc1. The van der Waals surface area contributed by atoms with E-state index in [1.165, 1.54) is 11.3 Å². The molecule has 3 rings (SSSR count). The molecule has 1 aromatic heterocycles. The first-order valence-electron chi connectivity index (χ1n) is 9.65. The lowest BCUT2D eigenvalue weighted by atomic mass is 10.1. The molecule has 0 radical (unpaired) electrons. The fraction of sp³-hybridized carbons (Fsp3) is 0.304. The van der Waals surface area contributed by atoms with Gasteiger partial charge in [0.2, 0.25) is 0 Å². The summed E-state index contributed by atoms with van der Waals surface area (Å²) in [5.41, 5.74) is 2.72. The molecule has 0 saturated heterocycles. The van der Waals surface area contributed by atoms with Gasteiger partial charge in [0.15, 0.2) is 0 Å². The molecule has 4 nitrogen and oxygen atoms in total. The van der Waals surface area contributed by atoms with Gasteiger partial charge in [0.25, 0.3) is 5.91 Å². The number of ether oxygens (including phenoxy) is 1. The standard InChI is InChI=1S/C23H25ClN2O2S/c1-4-17(3)26(23(27)18-10-8-16(2)9-11-18)13-20-15-29-22(25-20)14-28-21-7-5-6-19(24)12-21/h5-12,15,17H,4,13-14H2,1-3H3. The molecule has 0 saturated carbocycles. The van der Waals surface area contributed by atoms with E-state index in [1.54, 1.807) is 6.07 Å². The summed E-state index contributed by atoms with van der Waals surface area (Å²) < 4.78 is 5.77. The third kappa shape index (κ3) is 5.81. The molecule has 1 amide bonds. The zero-order chi connectivity index (χ0) is 20.8. The number of nitrogens with zero attached hydrogens (tertiary/aromatic N) is 2. The molecule has 0 spiro atoms. The van der Waals surface area contributed by atoms with Crippen LogP contribution in [0, 0.1) is 6.92 Å². The van der Waals surface area contributed by atoms with Gasteiger partial charge in [-0.1, -0.05) is 42.3 Å². The first kappa shape index (κ1) is 21.3. The van der Waals surface area contributed by atoms with Crippen LogP contribution < -0.4 is 4.74 Å². The minimum atomic E-state index is 0.0316. The fourth-order valence-electron chi connectivity index (χ4n) is 2.87. The molecule has 152 valence electrons. The smallest absolute Gasteiger partial charge is 0.254 e. The van der Waals surface area contributed by atoms with E-state index in [2.05, 4.69) is 18.8 Å². The van der Waals surface area contributed by atoms with Crippen LogP contribution in [0.15, 0.2) is 53.9 Å². The molecule has 0 aliphatic rings. The van der Waals surface area contributed by atoms with Crippen molar-refractivity contribution in [3.8, 4) is 5.75 Å². The van der Waals surface area contributed by atoms with Gasteiger partial charge < -0.3 is 9.64 Å². The molecule has 29 heavy (non-hydrogen) atoms. The van der Waals surface area contributed by atoms with Crippen molar-refractivity contribution in [1.82, 2.24) is 9.88 Å². The van der Waals surface area contributed by atoms with Crippen LogP contribution >= 0.6 is 22.9 Å². The van der Waals surface area contributed by atoms with Crippen LogP contribution in [-0.2, 0) is 13.2 Å². The Hall–Kier alpha value is -2.37. The lowest BCUT2D eigenvalue weighted by molar-refractivity contribution is 0.0669. The predicted octanol–water partition coefficient (Wildman–Crippen LogP) is 6.12. The number of carbonyl (C=O) groups is 1. The lowest BCUT2D eigenvalue weighted by Crippen LogP contribution is -2.37. The van der Waals surface area contributed by atoms with Crippen molar-refractivity contribution < 1.29 is 9.53 Å². The molecule has 0 aliphatic carbocycles. The van der Waals surface area contributed by atoms with Crippen molar-refractivity contribution in [2.45, 2.75) is 46.4 Å². The molecule has 0 N–H and O–H groups in total. The van der Waals surface area contributed by atoms with Gasteiger partial charge in [0, 0.05) is 22.0 Å². The van der Waals surface area contributed by atoms with E-state index < -0.39 is 0 Å². The topological polar surface area (TPSA) is 42.4 Å². The van der Waals surface area contributed by atoms with Crippen LogP contribution in [0.1, 0.15) is 46.9 Å². The van der Waals surface area contributed by atoms with Crippen LogP contribution in [0.2, 0.25) is 5.02 Å². The van der Waals surface area contributed by atoms with Gasteiger partial charge in [-0.2, -0.15) is 0 Å². The largest absolute Gasteiger partial charge is 0.486 e. The second-order valence-corrected chi connectivity index (χ2v) is 8.41. The average Bonchev–Trinajstić information content (AvgIpc) is 3.17. The molecule has 3 aromatic rings. The van der Waals surface area contributed by atoms with Gasteiger partial charge in [-0.3, -0.25) is 4.79 Å². The van der Waals surface area contributed by atoms with Crippen molar-refractivity contribution in [1.29, 1.82) is 0 Å². The summed E-state index contributed by atoms with van der Waals surface area (Å²) in [5.74, 6) is 0.745. The number of rotatable bonds is 8. The molecule has 1 heterocycles. The lowest BCUT2D eigenvalue weighted by Gasteiger charge is -2.28. The summed E-state index contributed by atoms with van der Waals surface area (Å²) in [7, 11) is 0. The van der Waals surface area contributed by atoms with Crippen LogP contribution in [-0.4, -0.2) is 21.8 Å². The summed E-state index contributed by atoms with van der Waals surface area (Å²) in [6.45, 7) is 7.03. The van der Waals surface area contributed by atoms with E-state index in [9.17, 15) is 4.79 Å². The number of carbonyl (C=O) groups excluding carboxylic acids is 1. The average molecular weight is 429 g/mol. The van der Waals surface area contributed by atoms with Crippen LogP contribution in [0.4, 0.5) is 0 Å². The summed E-state index contributed by atoms with van der Waals surface area (Å²) >= 11 is 7.53. The van der Waals surface area contributed by atoms with E-state index >= 15 is 0 Å². The summed E-state index contributed by atoms with van der Waals surface area (Å²) in [6.07, 6.45) is 0.881. The second kappa shape index (κ2) is 9.90. The van der Waals surface area contributed by atoms with Gasteiger partial charge in [0.05, 0.1) is 12.2 Å². The van der Waals surface area contributed by atoms with Crippen LogP contribution in [0.3, 0.4) is 0 Å². The van der Waals surface area contributed by atoms with Crippen LogP contribution in [0.5, 0.6) is 5.75 Å². The van der Waals surface area contributed by atoms with Crippen molar-refractivity contribution in [3.63, 3.8) is 0 Å². The number of amides is 1. The monoisotopic (exact) mass is 428 g/mol. The Morgan fingerprint density at radius 2 is 2.00 bits per heavy atom. The normalized spacial score (nSPS) is 11.9. The first-order chi connectivity index (χ1) is 14.0. The third-order valence-corrected chi connectivity index (χ3v) is 5.88. The summed E-state index contributed by atoms with van der Waals surface area (Å²) in [4.78, 5) is 19.6. The molecule has 0 fully saturated rings. The Bertz CT molecular complexity index is 956. The maximum atomic E-state index is 13.1. The summed E-state index contributed by atoms with van der Waals surface area (Å²) in [5, 5.41) is 3.50. The highest BCUT2D eigenvalue weighted by atomic mass is 35.5. The van der Waals surface area contributed by atoms with E-state index in [-0.39, 0.29) is 11.9 Å². The van der Waals surface area contributed by atoms with E-state index in [1.807, 2.05) is 59.7 Å². The maximum absolute atomic E-state index is 13.1. The number of thiazole rings is 1. The zero-order valence-electron chi connectivity index (χ0n) is 16.9. The van der Waals surface area contributed by atoms with E-state index in [0.29, 0.717) is 29.5 Å². The van der Waals surface area contributed by atoms with Gasteiger partial charge >= 0.3 is 0 Å². The minimum absolute atomic E-state index is 0.0316. The molecular formula is C23H25ClN2O2S. The van der Waals surface area contributed by atoms with Crippen molar-refractivity contribution in [2.24, 2.45) is 0 Å². The number of aromatic nitrogens is 1. The Morgan fingerprint density at radius 1 is 1.24 bits per heavy atom. The highest BCUT2D eigenvalue weighted by molar-refractivity contribution is 7.09. The van der Waals surface area contributed by atoms with Gasteiger partial charge in [-0.25, -0.2) is 4.98 Å². The van der Waals surface area contributed by atoms with Crippen molar-refractivity contribution in [3.05, 3.63) is 80.8 Å². The molecule has 0 bridgehead atoms. The molecule has 6 heteroatoms. The third-order valence-electron chi connectivity index (χ3n) is 4.77. The maximum Gasteiger partial charge on any atom is 0.254 e. The first-order valence-corrected chi connectivity index (χ1v) is 10.9. The Balaban J connectivity index is 1.68.